The molecule has 0 aliphatic rings. The molecule has 0 bridgehead atoms. The van der Waals surface area contributed by atoms with Gasteiger partial charge in [-0.1, -0.05) is 32.0 Å². The number of hydrogen-bond acceptors (Lipinski definition) is 2. The molecule has 0 radical (unpaired) electrons. The van der Waals surface area contributed by atoms with Crippen LogP contribution in [-0.4, -0.2) is 12.0 Å². The van der Waals surface area contributed by atoms with Gasteiger partial charge in [-0.3, -0.25) is 4.98 Å². The van der Waals surface area contributed by atoms with E-state index < -0.39 is 0 Å². The number of nitrogens with zero attached hydrogens (tertiary/aromatic N) is 1. The smallest absolute Gasteiger partial charge is 0.0702 e. The van der Waals surface area contributed by atoms with Gasteiger partial charge in [0.05, 0.1) is 5.52 Å². The van der Waals surface area contributed by atoms with Gasteiger partial charge in [-0.05, 0) is 30.0 Å². The van der Waals surface area contributed by atoms with Crippen LogP contribution < -0.4 is 5.32 Å². The number of rotatable bonds is 2. The highest BCUT2D eigenvalue weighted by Gasteiger charge is 1.93. The summed E-state index contributed by atoms with van der Waals surface area (Å²) in [5.41, 5.74) is 2.15. The molecule has 0 saturated heterocycles. The Morgan fingerprint density at radius 2 is 1.94 bits per heavy atom. The van der Waals surface area contributed by atoms with E-state index in [-0.39, 0.29) is 0 Å². The molecule has 0 fully saturated rings. The zero-order chi connectivity index (χ0) is 11.8. The van der Waals surface area contributed by atoms with Gasteiger partial charge in [0.15, 0.2) is 0 Å². The number of fused-ring (bicyclic) bond motifs is 1. The van der Waals surface area contributed by atoms with Crippen LogP contribution in [0, 0.1) is 0 Å². The first-order valence-corrected chi connectivity index (χ1v) is 5.59. The molecule has 16 heavy (non-hydrogen) atoms. The monoisotopic (exact) mass is 214 g/mol. The van der Waals surface area contributed by atoms with Crippen molar-refractivity contribution in [2.45, 2.75) is 13.8 Å². The van der Waals surface area contributed by atoms with Crippen LogP contribution in [0.25, 0.3) is 17.0 Å². The largest absolute Gasteiger partial charge is 0.394 e. The van der Waals surface area contributed by atoms with Crippen molar-refractivity contribution in [3.63, 3.8) is 0 Å². The standard InChI is InChI=1S/C12H12N2.C2H6/c1-13-7-6-10-8-11-4-2-3-5-12(11)14-9-10;1-2/h2-9,13H,1H3;1-2H3/b7-6+;. The third-order valence-corrected chi connectivity index (χ3v) is 2.05. The highest BCUT2D eigenvalue weighted by molar-refractivity contribution is 5.80. The minimum absolute atomic E-state index is 1.04. The van der Waals surface area contributed by atoms with E-state index in [1.807, 2.05) is 57.6 Å². The van der Waals surface area contributed by atoms with E-state index in [2.05, 4.69) is 22.4 Å². The fourth-order valence-electron chi connectivity index (χ4n) is 1.36. The minimum atomic E-state index is 1.04. The van der Waals surface area contributed by atoms with Gasteiger partial charge >= 0.3 is 0 Å². The fourth-order valence-corrected chi connectivity index (χ4v) is 1.36. The van der Waals surface area contributed by atoms with Gasteiger partial charge in [-0.15, -0.1) is 0 Å². The summed E-state index contributed by atoms with van der Waals surface area (Å²) in [6, 6.07) is 10.2. The van der Waals surface area contributed by atoms with Crippen LogP contribution in [0.3, 0.4) is 0 Å². The Morgan fingerprint density at radius 1 is 1.19 bits per heavy atom. The van der Waals surface area contributed by atoms with Crippen LogP contribution in [0.15, 0.2) is 42.7 Å². The van der Waals surface area contributed by atoms with E-state index in [0.717, 1.165) is 11.1 Å². The van der Waals surface area contributed by atoms with Crippen LogP contribution in [-0.2, 0) is 0 Å². The molecular formula is C14H18N2. The maximum Gasteiger partial charge on any atom is 0.0702 e. The third kappa shape index (κ3) is 3.09. The average Bonchev–Trinajstić information content (AvgIpc) is 2.38. The van der Waals surface area contributed by atoms with E-state index in [9.17, 15) is 0 Å². The van der Waals surface area contributed by atoms with Gasteiger partial charge in [-0.2, -0.15) is 0 Å². The Hall–Kier alpha value is -1.83. The van der Waals surface area contributed by atoms with Crippen molar-refractivity contribution in [2.75, 3.05) is 7.05 Å². The molecule has 0 atom stereocenters. The molecule has 1 aromatic heterocycles. The molecule has 1 heterocycles. The number of aromatic nitrogens is 1. The molecule has 0 amide bonds. The van der Waals surface area contributed by atoms with Gasteiger partial charge in [0.2, 0.25) is 0 Å². The van der Waals surface area contributed by atoms with Crippen LogP contribution in [0.1, 0.15) is 19.4 Å². The van der Waals surface area contributed by atoms with Crippen LogP contribution >= 0.6 is 0 Å². The number of nitrogens with one attached hydrogen (secondary N) is 1. The molecule has 0 spiro atoms. The average molecular weight is 214 g/mol. The Kier molecular flexibility index (Phi) is 5.06. The van der Waals surface area contributed by atoms with Gasteiger partial charge in [-0.25, -0.2) is 0 Å². The summed E-state index contributed by atoms with van der Waals surface area (Å²) in [5, 5.41) is 4.13. The second-order valence-electron chi connectivity index (χ2n) is 3.08. The molecule has 2 heteroatoms. The van der Waals surface area contributed by atoms with Gasteiger partial charge in [0.1, 0.15) is 0 Å². The normalized spacial score (nSPS) is 9.94. The molecule has 0 unspecified atom stereocenters. The zero-order valence-electron chi connectivity index (χ0n) is 10.1. The van der Waals surface area contributed by atoms with E-state index in [4.69, 9.17) is 0 Å². The van der Waals surface area contributed by atoms with Crippen molar-refractivity contribution in [3.8, 4) is 0 Å². The molecule has 2 rings (SSSR count). The van der Waals surface area contributed by atoms with E-state index >= 15 is 0 Å². The highest BCUT2D eigenvalue weighted by atomic mass is 14.8. The topological polar surface area (TPSA) is 24.9 Å². The maximum atomic E-state index is 4.36. The number of hydrogen-bond donors (Lipinski definition) is 1. The van der Waals surface area contributed by atoms with Crippen molar-refractivity contribution in [1.82, 2.24) is 10.3 Å². The lowest BCUT2D eigenvalue weighted by atomic mass is 10.1. The van der Waals surface area contributed by atoms with E-state index in [1.54, 1.807) is 0 Å². The molecule has 84 valence electrons. The quantitative estimate of drug-likeness (QED) is 0.828. The van der Waals surface area contributed by atoms with Crippen LogP contribution in [0.2, 0.25) is 0 Å². The van der Waals surface area contributed by atoms with Gasteiger partial charge in [0, 0.05) is 18.6 Å². The molecule has 0 aliphatic heterocycles. The van der Waals surface area contributed by atoms with Crippen LogP contribution in [0.4, 0.5) is 0 Å². The van der Waals surface area contributed by atoms with Crippen molar-refractivity contribution < 1.29 is 0 Å². The summed E-state index contributed by atoms with van der Waals surface area (Å²) in [6.45, 7) is 4.00. The number of pyridine rings is 1. The summed E-state index contributed by atoms with van der Waals surface area (Å²) >= 11 is 0. The summed E-state index contributed by atoms with van der Waals surface area (Å²) in [7, 11) is 1.88. The Labute approximate surface area is 97.0 Å². The molecule has 1 N–H and O–H groups in total. The van der Waals surface area contributed by atoms with Crippen molar-refractivity contribution >= 4 is 17.0 Å². The zero-order valence-corrected chi connectivity index (χ0v) is 10.1. The summed E-state index contributed by atoms with van der Waals surface area (Å²) in [5.74, 6) is 0. The predicted octanol–water partition coefficient (Wildman–Crippen LogP) is 3.45. The number of benzene rings is 1. The van der Waals surface area contributed by atoms with Crippen molar-refractivity contribution in [3.05, 3.63) is 48.3 Å². The number of para-hydroxylation sites is 1. The molecular weight excluding hydrogens is 196 g/mol. The lowest BCUT2D eigenvalue weighted by Gasteiger charge is -1.97. The lowest BCUT2D eigenvalue weighted by Crippen LogP contribution is -1.90. The molecule has 0 saturated carbocycles. The molecule has 2 aromatic rings. The fraction of sp³-hybridized carbons (Fsp3) is 0.214. The maximum absolute atomic E-state index is 4.36. The SMILES string of the molecule is CC.CN/C=C/c1cnc2ccccc2c1. The summed E-state index contributed by atoms with van der Waals surface area (Å²) in [4.78, 5) is 4.36. The van der Waals surface area contributed by atoms with Gasteiger partial charge in [0.25, 0.3) is 0 Å². The summed E-state index contributed by atoms with van der Waals surface area (Å²) < 4.78 is 0. The lowest BCUT2D eigenvalue weighted by molar-refractivity contribution is 1.11. The minimum Gasteiger partial charge on any atom is -0.394 e. The second-order valence-corrected chi connectivity index (χ2v) is 3.08. The van der Waals surface area contributed by atoms with Crippen LogP contribution in [0.5, 0.6) is 0 Å². The third-order valence-electron chi connectivity index (χ3n) is 2.05. The molecule has 0 aliphatic carbocycles. The van der Waals surface area contributed by atoms with Crippen molar-refractivity contribution in [2.24, 2.45) is 0 Å². The van der Waals surface area contributed by atoms with E-state index in [0.29, 0.717) is 0 Å². The predicted molar refractivity (Wildman–Crippen MR) is 71.2 cm³/mol. The Morgan fingerprint density at radius 3 is 2.69 bits per heavy atom. The Bertz CT molecular complexity index is 461. The Balaban J connectivity index is 0.000000606. The highest BCUT2D eigenvalue weighted by Crippen LogP contribution is 2.13. The van der Waals surface area contributed by atoms with Crippen molar-refractivity contribution in [1.29, 1.82) is 0 Å². The molecule has 2 nitrogen and oxygen atoms in total. The second kappa shape index (κ2) is 6.62. The van der Waals surface area contributed by atoms with Gasteiger partial charge < -0.3 is 5.32 Å². The van der Waals surface area contributed by atoms with E-state index in [1.165, 1.54) is 5.39 Å². The first kappa shape index (κ1) is 12.2. The summed E-state index contributed by atoms with van der Waals surface area (Å²) in [6.07, 6.45) is 5.77. The first-order valence-electron chi connectivity index (χ1n) is 5.59. The molecule has 1 aromatic carbocycles. The first-order chi connectivity index (χ1) is 7.90.